The minimum absolute atomic E-state index is 0.304. The smallest absolute Gasteiger partial charge is 0.325 e. The van der Waals surface area contributed by atoms with Gasteiger partial charge in [0.2, 0.25) is 5.91 Å². The Bertz CT molecular complexity index is 1250. The maximum Gasteiger partial charge on any atom is 0.325 e. The molecule has 32 heavy (non-hydrogen) atoms. The van der Waals surface area contributed by atoms with Crippen molar-refractivity contribution >= 4 is 28.6 Å². The molecule has 162 valence electrons. The summed E-state index contributed by atoms with van der Waals surface area (Å²) in [5.74, 6) is 0.0451. The number of hydrogen-bond donors (Lipinski definition) is 2. The van der Waals surface area contributed by atoms with Gasteiger partial charge in [0.05, 0.1) is 7.11 Å². The molecule has 1 fully saturated rings. The normalized spacial score (nSPS) is 19.3. The third-order valence-corrected chi connectivity index (χ3v) is 6.33. The molecule has 1 aliphatic heterocycles. The number of carbonyl (C=O) groups excluding carboxylic acids is 3. The second kappa shape index (κ2) is 7.67. The number of carbonyl (C=O) groups is 3. The molecule has 3 aromatic carbocycles. The van der Waals surface area contributed by atoms with Gasteiger partial charge in [-0.1, -0.05) is 42.5 Å². The maximum absolute atomic E-state index is 13.2. The number of benzene rings is 3. The van der Waals surface area contributed by atoms with Crippen LogP contribution >= 0.6 is 0 Å². The van der Waals surface area contributed by atoms with Crippen molar-refractivity contribution in [3.8, 4) is 5.75 Å². The first-order valence-electron chi connectivity index (χ1n) is 10.6. The Morgan fingerprint density at radius 1 is 1.09 bits per heavy atom. The van der Waals surface area contributed by atoms with Crippen molar-refractivity contribution < 1.29 is 19.1 Å². The Hall–Kier alpha value is -3.87. The van der Waals surface area contributed by atoms with E-state index in [-0.39, 0.29) is 18.4 Å². The molecule has 0 aromatic heterocycles. The lowest BCUT2D eigenvalue weighted by atomic mass is 9.92. The number of fused-ring (bicyclic) bond motifs is 3. The average Bonchev–Trinajstić information content (AvgIpc) is 3.30. The van der Waals surface area contributed by atoms with Crippen LogP contribution in [0.1, 0.15) is 23.1 Å². The second-order valence-electron chi connectivity index (χ2n) is 8.21. The van der Waals surface area contributed by atoms with E-state index in [0.717, 1.165) is 44.5 Å². The fourth-order valence-electron chi connectivity index (χ4n) is 4.64. The standard InChI is InChI=1S/C25H23N3O4/c1-32-20-9-8-18-12-16(6-7-19(18)13-20)14-26-22(29)15-28-23(30)25(27-24(28)31)11-10-17-4-2-3-5-21(17)25/h2-9,12-13H,10-11,14-15H2,1H3,(H,26,29)(H,27,31). The van der Waals surface area contributed by atoms with Crippen LogP contribution in [0.5, 0.6) is 5.75 Å². The number of amides is 4. The predicted octanol–water partition coefficient (Wildman–Crippen LogP) is 2.86. The number of nitrogens with zero attached hydrogens (tertiary/aromatic N) is 1. The van der Waals surface area contributed by atoms with Gasteiger partial charge in [0, 0.05) is 6.54 Å². The van der Waals surface area contributed by atoms with Gasteiger partial charge in [-0.25, -0.2) is 4.79 Å². The van der Waals surface area contributed by atoms with Crippen molar-refractivity contribution in [2.24, 2.45) is 0 Å². The summed E-state index contributed by atoms with van der Waals surface area (Å²) in [4.78, 5) is 39.3. The Labute approximate surface area is 185 Å². The number of imide groups is 1. The van der Waals surface area contributed by atoms with E-state index in [4.69, 9.17) is 4.74 Å². The molecule has 1 saturated heterocycles. The largest absolute Gasteiger partial charge is 0.497 e. The third kappa shape index (κ3) is 3.26. The Kier molecular flexibility index (Phi) is 4.81. The zero-order valence-electron chi connectivity index (χ0n) is 17.7. The minimum Gasteiger partial charge on any atom is -0.497 e. The lowest BCUT2D eigenvalue weighted by molar-refractivity contribution is -0.135. The van der Waals surface area contributed by atoms with Gasteiger partial charge in [-0.15, -0.1) is 0 Å². The first-order chi connectivity index (χ1) is 15.5. The molecular weight excluding hydrogens is 406 g/mol. The Morgan fingerprint density at radius 2 is 1.88 bits per heavy atom. The number of rotatable bonds is 5. The number of ether oxygens (including phenoxy) is 1. The summed E-state index contributed by atoms with van der Waals surface area (Å²) in [5.41, 5.74) is 1.76. The molecule has 0 saturated carbocycles. The number of methoxy groups -OCH3 is 1. The molecule has 0 bridgehead atoms. The first kappa shape index (κ1) is 20.1. The van der Waals surface area contributed by atoms with Gasteiger partial charge in [-0.2, -0.15) is 0 Å². The molecule has 1 unspecified atom stereocenters. The molecule has 2 N–H and O–H groups in total. The van der Waals surface area contributed by atoms with Crippen LogP contribution in [0, 0.1) is 0 Å². The molecule has 1 spiro atoms. The van der Waals surface area contributed by atoms with E-state index in [9.17, 15) is 14.4 Å². The zero-order valence-corrected chi connectivity index (χ0v) is 17.7. The summed E-state index contributed by atoms with van der Waals surface area (Å²) in [5, 5.41) is 7.73. The molecular formula is C25H23N3O4. The van der Waals surface area contributed by atoms with Crippen LogP contribution in [0.4, 0.5) is 4.79 Å². The molecule has 7 heteroatoms. The Balaban J connectivity index is 1.25. The fraction of sp³-hybridized carbons (Fsp3) is 0.240. The summed E-state index contributed by atoms with van der Waals surface area (Å²) in [6.07, 6.45) is 1.23. The van der Waals surface area contributed by atoms with Crippen molar-refractivity contribution in [2.75, 3.05) is 13.7 Å². The van der Waals surface area contributed by atoms with Crippen molar-refractivity contribution in [3.63, 3.8) is 0 Å². The molecule has 4 amide bonds. The molecule has 5 rings (SSSR count). The monoisotopic (exact) mass is 429 g/mol. The van der Waals surface area contributed by atoms with Crippen LogP contribution in [0.25, 0.3) is 10.8 Å². The van der Waals surface area contributed by atoms with Crippen LogP contribution in [-0.2, 0) is 28.1 Å². The van der Waals surface area contributed by atoms with Crippen molar-refractivity contribution in [2.45, 2.75) is 24.9 Å². The molecule has 1 atom stereocenters. The van der Waals surface area contributed by atoms with Crippen molar-refractivity contribution in [1.82, 2.24) is 15.5 Å². The molecule has 0 radical (unpaired) electrons. The van der Waals surface area contributed by atoms with Crippen molar-refractivity contribution in [3.05, 3.63) is 77.4 Å². The number of nitrogens with one attached hydrogen (secondary N) is 2. The lowest BCUT2D eigenvalue weighted by Gasteiger charge is -2.22. The summed E-state index contributed by atoms with van der Waals surface area (Å²) in [6.45, 7) is -0.00219. The molecule has 2 aliphatic rings. The first-order valence-corrected chi connectivity index (χ1v) is 10.6. The van der Waals surface area contributed by atoms with E-state index in [0.29, 0.717) is 13.0 Å². The van der Waals surface area contributed by atoms with Crippen LogP contribution in [0.15, 0.2) is 60.7 Å². The van der Waals surface area contributed by atoms with Gasteiger partial charge in [0.25, 0.3) is 5.91 Å². The SMILES string of the molecule is COc1ccc2cc(CNC(=O)CN3C(=O)NC4(CCc5ccccc54)C3=O)ccc2c1. The van der Waals surface area contributed by atoms with E-state index in [1.54, 1.807) is 7.11 Å². The number of urea groups is 1. The van der Waals surface area contributed by atoms with Gasteiger partial charge >= 0.3 is 6.03 Å². The van der Waals surface area contributed by atoms with Gasteiger partial charge in [0.1, 0.15) is 17.8 Å². The lowest BCUT2D eigenvalue weighted by Crippen LogP contribution is -2.43. The van der Waals surface area contributed by atoms with Gasteiger partial charge < -0.3 is 15.4 Å². The molecule has 1 heterocycles. The van der Waals surface area contributed by atoms with Gasteiger partial charge in [-0.05, 0) is 58.5 Å². The highest BCUT2D eigenvalue weighted by Crippen LogP contribution is 2.41. The van der Waals surface area contributed by atoms with E-state index in [1.165, 1.54) is 0 Å². The summed E-state index contributed by atoms with van der Waals surface area (Å²) in [7, 11) is 1.63. The molecule has 3 aromatic rings. The van der Waals surface area contributed by atoms with Crippen LogP contribution in [0.2, 0.25) is 0 Å². The van der Waals surface area contributed by atoms with E-state index in [2.05, 4.69) is 10.6 Å². The van der Waals surface area contributed by atoms with Crippen molar-refractivity contribution in [1.29, 1.82) is 0 Å². The topological polar surface area (TPSA) is 87.7 Å². The summed E-state index contributed by atoms with van der Waals surface area (Å²) in [6, 6.07) is 18.8. The average molecular weight is 429 g/mol. The highest BCUT2D eigenvalue weighted by molar-refractivity contribution is 6.09. The van der Waals surface area contributed by atoms with Gasteiger partial charge in [-0.3, -0.25) is 14.5 Å². The summed E-state index contributed by atoms with van der Waals surface area (Å²) < 4.78 is 5.24. The second-order valence-corrected chi connectivity index (χ2v) is 8.21. The van der Waals surface area contributed by atoms with E-state index >= 15 is 0 Å². The Morgan fingerprint density at radius 3 is 2.72 bits per heavy atom. The highest BCUT2D eigenvalue weighted by Gasteiger charge is 2.55. The van der Waals surface area contributed by atoms with Crippen LogP contribution < -0.4 is 15.4 Å². The highest BCUT2D eigenvalue weighted by atomic mass is 16.5. The molecule has 1 aliphatic carbocycles. The third-order valence-electron chi connectivity index (χ3n) is 6.33. The predicted molar refractivity (Wildman–Crippen MR) is 119 cm³/mol. The van der Waals surface area contributed by atoms with Crippen LogP contribution in [0.3, 0.4) is 0 Å². The maximum atomic E-state index is 13.2. The molecule has 7 nitrogen and oxygen atoms in total. The zero-order chi connectivity index (χ0) is 22.3. The quantitative estimate of drug-likeness (QED) is 0.611. The number of hydrogen-bond acceptors (Lipinski definition) is 4. The summed E-state index contributed by atoms with van der Waals surface area (Å²) >= 11 is 0. The van der Waals surface area contributed by atoms with E-state index in [1.807, 2.05) is 60.7 Å². The van der Waals surface area contributed by atoms with Crippen LogP contribution in [-0.4, -0.2) is 36.4 Å². The fourth-order valence-corrected chi connectivity index (χ4v) is 4.64. The van der Waals surface area contributed by atoms with Gasteiger partial charge in [0.15, 0.2) is 0 Å². The minimum atomic E-state index is -1.05. The number of aryl methyl sites for hydroxylation is 1. The van der Waals surface area contributed by atoms with E-state index < -0.39 is 11.6 Å².